The molecule has 64 valence electrons. The van der Waals surface area contributed by atoms with Crippen molar-refractivity contribution in [2.24, 2.45) is 7.05 Å². The number of hydrogen-bond donors (Lipinski definition) is 0. The third-order valence-electron chi connectivity index (χ3n) is 2.26. The zero-order chi connectivity index (χ0) is 8.72. The largest absolute Gasteiger partial charge is 0.270 e. The van der Waals surface area contributed by atoms with E-state index in [2.05, 4.69) is 5.10 Å². The van der Waals surface area contributed by atoms with Crippen LogP contribution >= 0.6 is 11.6 Å². The molecule has 0 aromatic carbocycles. The van der Waals surface area contributed by atoms with Gasteiger partial charge in [0, 0.05) is 18.2 Å². The molecule has 0 unspecified atom stereocenters. The Labute approximate surface area is 75.0 Å². The van der Waals surface area contributed by atoms with Crippen LogP contribution in [-0.4, -0.2) is 9.78 Å². The highest BCUT2D eigenvalue weighted by molar-refractivity contribution is 6.30. The van der Waals surface area contributed by atoms with Crippen LogP contribution in [-0.2, 0) is 19.9 Å². The minimum Gasteiger partial charge on any atom is -0.268 e. The van der Waals surface area contributed by atoms with Crippen molar-refractivity contribution in [2.75, 3.05) is 0 Å². The van der Waals surface area contributed by atoms with Crippen molar-refractivity contribution < 1.29 is 0 Å². The van der Waals surface area contributed by atoms with Gasteiger partial charge in [0.05, 0.1) is 0 Å². The van der Waals surface area contributed by atoms with Gasteiger partial charge in [-0.1, -0.05) is 11.6 Å². The zero-order valence-corrected chi connectivity index (χ0v) is 7.56. The molecule has 3 nitrogen and oxygen atoms in total. The number of fused-ring (bicyclic) bond motifs is 1. The van der Waals surface area contributed by atoms with Crippen LogP contribution < -0.4 is 5.56 Å². The molecule has 0 bridgehead atoms. The zero-order valence-electron chi connectivity index (χ0n) is 6.80. The van der Waals surface area contributed by atoms with E-state index in [1.807, 2.05) is 0 Å². The van der Waals surface area contributed by atoms with Crippen LogP contribution in [0.2, 0.25) is 5.15 Å². The van der Waals surface area contributed by atoms with Crippen molar-refractivity contribution in [3.63, 3.8) is 0 Å². The number of aromatic nitrogens is 2. The Kier molecular flexibility index (Phi) is 1.68. The maximum Gasteiger partial charge on any atom is 0.270 e. The molecule has 0 aliphatic heterocycles. The van der Waals surface area contributed by atoms with Gasteiger partial charge in [-0.25, -0.2) is 4.68 Å². The molecular formula is C8H9ClN2O. The summed E-state index contributed by atoms with van der Waals surface area (Å²) in [5.74, 6) is 0. The van der Waals surface area contributed by atoms with Gasteiger partial charge in [0.15, 0.2) is 5.15 Å². The molecule has 0 N–H and O–H groups in total. The van der Waals surface area contributed by atoms with Crippen LogP contribution in [0.25, 0.3) is 0 Å². The SMILES string of the molecule is Cn1nc(Cl)c2c(c1=O)CCC2. The second kappa shape index (κ2) is 2.59. The smallest absolute Gasteiger partial charge is 0.268 e. The van der Waals surface area contributed by atoms with E-state index in [-0.39, 0.29) is 5.56 Å². The van der Waals surface area contributed by atoms with Gasteiger partial charge >= 0.3 is 0 Å². The average Bonchev–Trinajstić information content (AvgIpc) is 2.48. The normalized spacial score (nSPS) is 14.8. The maximum atomic E-state index is 11.5. The molecule has 0 amide bonds. The monoisotopic (exact) mass is 184 g/mol. The highest BCUT2D eigenvalue weighted by Gasteiger charge is 2.19. The van der Waals surface area contributed by atoms with Gasteiger partial charge in [0.25, 0.3) is 5.56 Å². The van der Waals surface area contributed by atoms with Crippen LogP contribution in [0.4, 0.5) is 0 Å². The molecular weight excluding hydrogens is 176 g/mol. The number of aryl methyl sites for hydroxylation is 1. The molecule has 0 spiro atoms. The fraction of sp³-hybridized carbons (Fsp3) is 0.500. The molecule has 1 heterocycles. The number of hydrogen-bond acceptors (Lipinski definition) is 2. The molecule has 0 atom stereocenters. The van der Waals surface area contributed by atoms with Crippen molar-refractivity contribution in [2.45, 2.75) is 19.3 Å². The third kappa shape index (κ3) is 0.966. The lowest BCUT2D eigenvalue weighted by molar-refractivity contribution is 0.695. The Morgan fingerprint density at radius 2 is 2.08 bits per heavy atom. The van der Waals surface area contributed by atoms with Crippen molar-refractivity contribution in [3.8, 4) is 0 Å². The van der Waals surface area contributed by atoms with E-state index in [0.29, 0.717) is 5.15 Å². The van der Waals surface area contributed by atoms with E-state index >= 15 is 0 Å². The van der Waals surface area contributed by atoms with Gasteiger partial charge < -0.3 is 0 Å². The quantitative estimate of drug-likeness (QED) is 0.601. The molecule has 12 heavy (non-hydrogen) atoms. The topological polar surface area (TPSA) is 34.9 Å². The lowest BCUT2D eigenvalue weighted by atomic mass is 10.2. The van der Waals surface area contributed by atoms with E-state index in [0.717, 1.165) is 30.4 Å². The molecule has 1 aliphatic rings. The average molecular weight is 185 g/mol. The molecule has 2 rings (SSSR count). The van der Waals surface area contributed by atoms with Gasteiger partial charge in [-0.15, -0.1) is 0 Å². The van der Waals surface area contributed by atoms with Crippen LogP contribution in [0.1, 0.15) is 17.5 Å². The summed E-state index contributed by atoms with van der Waals surface area (Å²) in [6.45, 7) is 0. The van der Waals surface area contributed by atoms with Crippen LogP contribution in [0, 0.1) is 0 Å². The first-order chi connectivity index (χ1) is 5.70. The standard InChI is InChI=1S/C8H9ClN2O/c1-11-8(12)6-4-2-3-5(6)7(9)10-11/h2-4H2,1H3. The fourth-order valence-corrected chi connectivity index (χ4v) is 1.96. The second-order valence-corrected chi connectivity index (χ2v) is 3.39. The Bertz CT molecular complexity index is 383. The summed E-state index contributed by atoms with van der Waals surface area (Å²) >= 11 is 5.88. The molecule has 0 saturated heterocycles. The summed E-state index contributed by atoms with van der Waals surface area (Å²) < 4.78 is 1.31. The molecule has 4 heteroatoms. The van der Waals surface area contributed by atoms with Gasteiger partial charge in [-0.2, -0.15) is 5.10 Å². The van der Waals surface area contributed by atoms with Crippen molar-refractivity contribution in [3.05, 3.63) is 26.6 Å². The van der Waals surface area contributed by atoms with Gasteiger partial charge in [0.2, 0.25) is 0 Å². The fourth-order valence-electron chi connectivity index (χ4n) is 1.64. The van der Waals surface area contributed by atoms with Crippen molar-refractivity contribution in [1.82, 2.24) is 9.78 Å². The number of nitrogens with zero attached hydrogens (tertiary/aromatic N) is 2. The lowest BCUT2D eigenvalue weighted by Gasteiger charge is -2.02. The molecule has 0 radical (unpaired) electrons. The Hall–Kier alpha value is -0.830. The van der Waals surface area contributed by atoms with Gasteiger partial charge in [-0.3, -0.25) is 4.79 Å². The lowest BCUT2D eigenvalue weighted by Crippen LogP contribution is -2.23. The number of rotatable bonds is 0. The molecule has 1 aliphatic carbocycles. The first-order valence-electron chi connectivity index (χ1n) is 3.94. The first-order valence-corrected chi connectivity index (χ1v) is 4.32. The van der Waals surface area contributed by atoms with E-state index in [1.54, 1.807) is 7.05 Å². The molecule has 1 aromatic heterocycles. The summed E-state index contributed by atoms with van der Waals surface area (Å²) in [5, 5.41) is 4.40. The highest BCUT2D eigenvalue weighted by Crippen LogP contribution is 2.23. The summed E-state index contributed by atoms with van der Waals surface area (Å²) in [4.78, 5) is 11.5. The third-order valence-corrected chi connectivity index (χ3v) is 2.56. The van der Waals surface area contributed by atoms with E-state index < -0.39 is 0 Å². The summed E-state index contributed by atoms with van der Waals surface area (Å²) in [6, 6.07) is 0. The van der Waals surface area contributed by atoms with Crippen molar-refractivity contribution >= 4 is 11.6 Å². The Morgan fingerprint density at radius 3 is 2.83 bits per heavy atom. The predicted octanol–water partition coefficient (Wildman–Crippen LogP) is 0.922. The summed E-state index contributed by atoms with van der Waals surface area (Å²) in [6.07, 6.45) is 2.78. The van der Waals surface area contributed by atoms with Crippen LogP contribution in [0.3, 0.4) is 0 Å². The Morgan fingerprint density at radius 1 is 1.42 bits per heavy atom. The van der Waals surface area contributed by atoms with E-state index in [9.17, 15) is 4.79 Å². The van der Waals surface area contributed by atoms with Crippen LogP contribution in [0.5, 0.6) is 0 Å². The highest BCUT2D eigenvalue weighted by atomic mass is 35.5. The first kappa shape index (κ1) is 7.80. The predicted molar refractivity (Wildman–Crippen MR) is 46.5 cm³/mol. The molecule has 0 saturated carbocycles. The number of halogens is 1. The molecule has 0 fully saturated rings. The summed E-state index contributed by atoms with van der Waals surface area (Å²) in [7, 11) is 1.63. The van der Waals surface area contributed by atoms with Gasteiger partial charge in [0.1, 0.15) is 0 Å². The molecule has 1 aromatic rings. The van der Waals surface area contributed by atoms with Gasteiger partial charge in [-0.05, 0) is 19.3 Å². The van der Waals surface area contributed by atoms with E-state index in [1.165, 1.54) is 4.68 Å². The van der Waals surface area contributed by atoms with Crippen molar-refractivity contribution in [1.29, 1.82) is 0 Å². The van der Waals surface area contributed by atoms with Crippen LogP contribution in [0.15, 0.2) is 4.79 Å². The Balaban J connectivity index is 2.78. The minimum atomic E-state index is 0.00639. The minimum absolute atomic E-state index is 0.00639. The second-order valence-electron chi connectivity index (χ2n) is 3.03. The summed E-state index contributed by atoms with van der Waals surface area (Å²) in [5.41, 5.74) is 1.82. The van der Waals surface area contributed by atoms with E-state index in [4.69, 9.17) is 11.6 Å². The maximum absolute atomic E-state index is 11.5.